The largest absolute Gasteiger partial charge is 0.463 e. The Morgan fingerprint density at radius 1 is 1.21 bits per heavy atom. The number of carbonyl (C=O) groups excluding carboxylic acids is 1. The van der Waals surface area contributed by atoms with E-state index in [0.717, 1.165) is 5.56 Å². The van der Waals surface area contributed by atoms with E-state index in [0.29, 0.717) is 42.1 Å². The van der Waals surface area contributed by atoms with Crippen LogP contribution in [-0.2, 0) is 9.53 Å². The molecule has 2 aromatic carbocycles. The third-order valence-corrected chi connectivity index (χ3v) is 7.52. The fourth-order valence-electron chi connectivity index (χ4n) is 3.94. The maximum absolute atomic E-state index is 13.6. The van der Waals surface area contributed by atoms with E-state index in [1.807, 2.05) is 24.3 Å². The Bertz CT molecular complexity index is 1470. The Morgan fingerprint density at radius 2 is 1.91 bits per heavy atom. The van der Waals surface area contributed by atoms with E-state index >= 15 is 0 Å². The maximum atomic E-state index is 13.6. The average molecular weight is 515 g/mol. The summed E-state index contributed by atoms with van der Waals surface area (Å²) in [6.45, 7) is 7.99. The van der Waals surface area contributed by atoms with E-state index in [1.165, 1.54) is 16.9 Å². The molecule has 1 unspecified atom stereocenters. The van der Waals surface area contributed by atoms with E-state index < -0.39 is 12.0 Å². The first kappa shape index (κ1) is 24.5. The molecule has 1 aromatic heterocycles. The lowest BCUT2D eigenvalue weighted by atomic mass is 9.93. The third-order valence-electron chi connectivity index (χ3n) is 5.70. The van der Waals surface area contributed by atoms with Crippen LogP contribution in [0.2, 0.25) is 10.0 Å². The van der Waals surface area contributed by atoms with Gasteiger partial charge in [-0.1, -0.05) is 84.8 Å². The van der Waals surface area contributed by atoms with Crippen LogP contribution in [0.4, 0.5) is 0 Å². The van der Waals surface area contributed by atoms with Gasteiger partial charge in [-0.3, -0.25) is 9.36 Å². The van der Waals surface area contributed by atoms with Crippen molar-refractivity contribution >= 4 is 46.6 Å². The van der Waals surface area contributed by atoms with Gasteiger partial charge in [-0.05, 0) is 48.6 Å². The molecule has 8 heteroatoms. The van der Waals surface area contributed by atoms with Gasteiger partial charge in [0.2, 0.25) is 0 Å². The molecule has 0 bridgehead atoms. The molecular weight excluding hydrogens is 491 g/mol. The van der Waals surface area contributed by atoms with Crippen molar-refractivity contribution in [2.75, 3.05) is 6.61 Å². The summed E-state index contributed by atoms with van der Waals surface area (Å²) in [5.41, 5.74) is 3.26. The molecule has 34 heavy (non-hydrogen) atoms. The van der Waals surface area contributed by atoms with Gasteiger partial charge in [-0.15, -0.1) is 0 Å². The lowest BCUT2D eigenvalue weighted by Crippen LogP contribution is -2.39. The van der Waals surface area contributed by atoms with Gasteiger partial charge in [-0.25, -0.2) is 9.79 Å². The first-order valence-corrected chi connectivity index (χ1v) is 12.5. The van der Waals surface area contributed by atoms with Gasteiger partial charge in [0, 0.05) is 0 Å². The molecule has 1 atom stereocenters. The van der Waals surface area contributed by atoms with E-state index in [9.17, 15) is 9.59 Å². The zero-order chi connectivity index (χ0) is 24.6. The number of halogens is 2. The Hall–Kier alpha value is -2.67. The van der Waals surface area contributed by atoms with Gasteiger partial charge in [0.15, 0.2) is 4.80 Å². The molecule has 0 saturated heterocycles. The van der Waals surface area contributed by atoms with E-state index in [-0.39, 0.29) is 12.2 Å². The molecule has 2 heterocycles. The lowest BCUT2D eigenvalue weighted by Gasteiger charge is -2.25. The smallest absolute Gasteiger partial charge is 0.338 e. The van der Waals surface area contributed by atoms with Crippen LogP contribution in [0.3, 0.4) is 0 Å². The first-order valence-electron chi connectivity index (χ1n) is 11.0. The quantitative estimate of drug-likeness (QED) is 0.438. The molecule has 3 aromatic rings. The van der Waals surface area contributed by atoms with Gasteiger partial charge in [-0.2, -0.15) is 0 Å². The van der Waals surface area contributed by atoms with Crippen LogP contribution < -0.4 is 14.9 Å². The number of nitrogens with zero attached hydrogens (tertiary/aromatic N) is 2. The van der Waals surface area contributed by atoms with Crippen LogP contribution in [0.25, 0.3) is 6.08 Å². The Balaban J connectivity index is 1.95. The van der Waals surface area contributed by atoms with Gasteiger partial charge >= 0.3 is 5.97 Å². The van der Waals surface area contributed by atoms with Crippen molar-refractivity contribution in [3.05, 3.63) is 100 Å². The Morgan fingerprint density at radius 3 is 2.56 bits per heavy atom. The molecule has 0 saturated carbocycles. The first-order chi connectivity index (χ1) is 16.2. The molecule has 0 N–H and O–H groups in total. The molecule has 0 aliphatic carbocycles. The van der Waals surface area contributed by atoms with Crippen LogP contribution in [0.1, 0.15) is 56.3 Å². The van der Waals surface area contributed by atoms with Gasteiger partial charge in [0.1, 0.15) is 0 Å². The van der Waals surface area contributed by atoms with Crippen molar-refractivity contribution in [2.24, 2.45) is 4.99 Å². The number of thiazole rings is 1. The predicted octanol–water partition coefficient (Wildman–Crippen LogP) is 5.23. The van der Waals surface area contributed by atoms with E-state index in [2.05, 4.69) is 18.8 Å². The average Bonchev–Trinajstić information content (AvgIpc) is 3.10. The van der Waals surface area contributed by atoms with Gasteiger partial charge in [0.25, 0.3) is 5.56 Å². The van der Waals surface area contributed by atoms with E-state index in [1.54, 1.807) is 42.7 Å². The minimum Gasteiger partial charge on any atom is -0.463 e. The number of aromatic nitrogens is 1. The SMILES string of the molecule is CCOC(=O)C1=C(C)N=c2sc(=Cc3cccc(Cl)c3Cl)c(=O)n2C1c1ccc(C(C)C)cc1. The van der Waals surface area contributed by atoms with Crippen molar-refractivity contribution in [3.8, 4) is 0 Å². The van der Waals surface area contributed by atoms with Gasteiger partial charge < -0.3 is 4.74 Å². The normalized spacial score (nSPS) is 16.0. The van der Waals surface area contributed by atoms with Crippen LogP contribution in [0.5, 0.6) is 0 Å². The summed E-state index contributed by atoms with van der Waals surface area (Å²) in [5, 5.41) is 0.783. The number of benzene rings is 2. The van der Waals surface area contributed by atoms with E-state index in [4.69, 9.17) is 27.9 Å². The second-order valence-electron chi connectivity index (χ2n) is 8.27. The highest BCUT2D eigenvalue weighted by Crippen LogP contribution is 2.32. The number of ether oxygens (including phenoxy) is 1. The highest BCUT2D eigenvalue weighted by molar-refractivity contribution is 7.07. The summed E-state index contributed by atoms with van der Waals surface area (Å²) in [7, 11) is 0. The molecule has 4 rings (SSSR count). The predicted molar refractivity (Wildman–Crippen MR) is 137 cm³/mol. The minimum atomic E-state index is -0.645. The lowest BCUT2D eigenvalue weighted by molar-refractivity contribution is -0.139. The fourth-order valence-corrected chi connectivity index (χ4v) is 5.34. The Kier molecular flexibility index (Phi) is 7.12. The minimum absolute atomic E-state index is 0.228. The third kappa shape index (κ3) is 4.50. The summed E-state index contributed by atoms with van der Waals surface area (Å²) < 4.78 is 7.36. The van der Waals surface area contributed by atoms with Crippen molar-refractivity contribution in [2.45, 2.75) is 39.7 Å². The monoisotopic (exact) mass is 514 g/mol. The zero-order valence-electron chi connectivity index (χ0n) is 19.3. The van der Waals surface area contributed by atoms with Crippen LogP contribution >= 0.6 is 34.5 Å². The molecule has 0 spiro atoms. The molecule has 0 radical (unpaired) electrons. The summed E-state index contributed by atoms with van der Waals surface area (Å²) in [6.07, 6.45) is 1.71. The topological polar surface area (TPSA) is 60.7 Å². The molecule has 0 fully saturated rings. The molecular formula is C26H24Cl2N2O3S. The number of hydrogen-bond donors (Lipinski definition) is 0. The Labute approximate surface area is 211 Å². The second-order valence-corrected chi connectivity index (χ2v) is 10.1. The summed E-state index contributed by atoms with van der Waals surface area (Å²) in [5.74, 6) is -0.117. The zero-order valence-corrected chi connectivity index (χ0v) is 21.6. The van der Waals surface area contributed by atoms with Crippen molar-refractivity contribution in [1.82, 2.24) is 4.57 Å². The maximum Gasteiger partial charge on any atom is 0.338 e. The second kappa shape index (κ2) is 9.90. The summed E-state index contributed by atoms with van der Waals surface area (Å²) in [6, 6.07) is 12.6. The fraction of sp³-hybridized carbons (Fsp3) is 0.269. The highest BCUT2D eigenvalue weighted by atomic mass is 35.5. The number of rotatable bonds is 5. The van der Waals surface area contributed by atoms with Crippen molar-refractivity contribution < 1.29 is 9.53 Å². The number of fused-ring (bicyclic) bond motifs is 1. The molecule has 176 valence electrons. The molecule has 1 aliphatic rings. The number of esters is 1. The van der Waals surface area contributed by atoms with Crippen LogP contribution in [0, 0.1) is 0 Å². The number of carbonyl (C=O) groups is 1. The number of allylic oxidation sites excluding steroid dienone is 1. The van der Waals surface area contributed by atoms with Crippen molar-refractivity contribution in [3.63, 3.8) is 0 Å². The van der Waals surface area contributed by atoms with Crippen LogP contribution in [-0.4, -0.2) is 17.1 Å². The molecule has 5 nitrogen and oxygen atoms in total. The molecule has 1 aliphatic heterocycles. The summed E-state index contributed by atoms with van der Waals surface area (Å²) in [4.78, 5) is 31.7. The van der Waals surface area contributed by atoms with Crippen LogP contribution in [0.15, 0.2) is 63.5 Å². The molecule has 0 amide bonds. The van der Waals surface area contributed by atoms with Crippen molar-refractivity contribution in [1.29, 1.82) is 0 Å². The standard InChI is InChI=1S/C26H24Cl2N2O3S/c1-5-33-25(32)21-15(4)29-26-30(23(21)17-11-9-16(10-12-17)14(2)3)24(31)20(34-26)13-18-7-6-8-19(27)22(18)28/h6-14,23H,5H2,1-4H3. The van der Waals surface area contributed by atoms with Gasteiger partial charge in [0.05, 0.1) is 38.5 Å². The highest BCUT2D eigenvalue weighted by Gasteiger charge is 2.33. The number of hydrogen-bond acceptors (Lipinski definition) is 5. The summed E-state index contributed by atoms with van der Waals surface area (Å²) >= 11 is 13.8.